The van der Waals surface area contributed by atoms with Crippen molar-refractivity contribution < 1.29 is 19.4 Å². The Morgan fingerprint density at radius 3 is 2.60 bits per heavy atom. The third kappa shape index (κ3) is 2.90. The van der Waals surface area contributed by atoms with Gasteiger partial charge in [-0.1, -0.05) is 6.92 Å². The second kappa shape index (κ2) is 5.99. The molecule has 1 aliphatic carbocycles. The van der Waals surface area contributed by atoms with Gasteiger partial charge < -0.3 is 20.1 Å². The van der Waals surface area contributed by atoms with Gasteiger partial charge >= 0.3 is 12.0 Å². The Morgan fingerprint density at radius 1 is 1.40 bits per heavy atom. The number of piperidine rings is 1. The summed E-state index contributed by atoms with van der Waals surface area (Å²) >= 11 is 0. The monoisotopic (exact) mass is 284 g/mol. The number of likely N-dealkylation sites (tertiary alicyclic amines) is 1. The zero-order chi connectivity index (χ0) is 14.8. The van der Waals surface area contributed by atoms with Crippen LogP contribution in [0.15, 0.2) is 0 Å². The Hall–Kier alpha value is -1.30. The Balaban J connectivity index is 1.94. The minimum atomic E-state index is -0.919. The van der Waals surface area contributed by atoms with Crippen LogP contribution in [0.25, 0.3) is 0 Å². The van der Waals surface area contributed by atoms with Crippen LogP contribution in [0.1, 0.15) is 39.0 Å². The summed E-state index contributed by atoms with van der Waals surface area (Å²) in [5.74, 6) is -0.926. The molecule has 6 nitrogen and oxygen atoms in total. The van der Waals surface area contributed by atoms with Crippen molar-refractivity contribution in [3.05, 3.63) is 0 Å². The van der Waals surface area contributed by atoms with Crippen LogP contribution in [0.3, 0.4) is 0 Å². The van der Waals surface area contributed by atoms with E-state index < -0.39 is 12.0 Å². The van der Waals surface area contributed by atoms with Crippen LogP contribution in [0.5, 0.6) is 0 Å². The van der Waals surface area contributed by atoms with E-state index in [1.54, 1.807) is 7.11 Å². The normalized spacial score (nSPS) is 28.6. The van der Waals surface area contributed by atoms with Gasteiger partial charge in [-0.3, -0.25) is 0 Å². The molecule has 114 valence electrons. The number of rotatable bonds is 4. The Bertz CT molecular complexity index is 376. The van der Waals surface area contributed by atoms with Crippen LogP contribution in [0, 0.1) is 5.92 Å². The molecule has 2 N–H and O–H groups in total. The van der Waals surface area contributed by atoms with E-state index in [2.05, 4.69) is 5.32 Å². The largest absolute Gasteiger partial charge is 0.480 e. The van der Waals surface area contributed by atoms with Gasteiger partial charge in [0.2, 0.25) is 0 Å². The number of amides is 2. The highest BCUT2D eigenvalue weighted by Crippen LogP contribution is 2.34. The van der Waals surface area contributed by atoms with Crippen LogP contribution in [0.2, 0.25) is 0 Å². The highest BCUT2D eigenvalue weighted by molar-refractivity contribution is 5.83. The number of hydrogen-bond donors (Lipinski definition) is 2. The maximum atomic E-state index is 12.3. The predicted octanol–water partition coefficient (Wildman–Crippen LogP) is 1.45. The highest BCUT2D eigenvalue weighted by Gasteiger charge is 2.40. The van der Waals surface area contributed by atoms with Gasteiger partial charge in [0.05, 0.1) is 5.60 Å². The minimum Gasteiger partial charge on any atom is -0.480 e. The molecule has 6 heteroatoms. The first-order valence-corrected chi connectivity index (χ1v) is 7.31. The number of methoxy groups -OCH3 is 1. The van der Waals surface area contributed by atoms with Crippen LogP contribution in [0.4, 0.5) is 4.79 Å². The van der Waals surface area contributed by atoms with Gasteiger partial charge in [0.15, 0.2) is 0 Å². The van der Waals surface area contributed by atoms with E-state index in [-0.39, 0.29) is 17.6 Å². The summed E-state index contributed by atoms with van der Waals surface area (Å²) in [6, 6.07) is -1.00. The standard InChI is InChI=1S/C14H24N2O4/c1-10-5-3-8-16(11(10)12(17)18)13(19)15-9-14(20-2)6-4-7-14/h10-11H,3-9H2,1-2H3,(H,15,19)(H,17,18). The van der Waals surface area contributed by atoms with E-state index in [0.29, 0.717) is 13.1 Å². The molecule has 0 bridgehead atoms. The lowest BCUT2D eigenvalue weighted by Gasteiger charge is -2.42. The Labute approximate surface area is 119 Å². The molecule has 0 aromatic heterocycles. The number of hydrogen-bond acceptors (Lipinski definition) is 3. The van der Waals surface area contributed by atoms with E-state index >= 15 is 0 Å². The van der Waals surface area contributed by atoms with Crippen molar-refractivity contribution >= 4 is 12.0 Å². The van der Waals surface area contributed by atoms with Crippen molar-refractivity contribution in [2.24, 2.45) is 5.92 Å². The fraction of sp³-hybridized carbons (Fsp3) is 0.857. The fourth-order valence-corrected chi connectivity index (χ4v) is 3.15. The first-order chi connectivity index (χ1) is 9.49. The van der Waals surface area contributed by atoms with Crippen molar-refractivity contribution in [1.82, 2.24) is 10.2 Å². The van der Waals surface area contributed by atoms with Crippen molar-refractivity contribution in [1.29, 1.82) is 0 Å². The van der Waals surface area contributed by atoms with Gasteiger partial charge in [-0.2, -0.15) is 0 Å². The first-order valence-electron chi connectivity index (χ1n) is 7.31. The molecule has 2 atom stereocenters. The highest BCUT2D eigenvalue weighted by atomic mass is 16.5. The number of urea groups is 1. The number of carboxylic acid groups (broad SMARTS) is 1. The fourth-order valence-electron chi connectivity index (χ4n) is 3.15. The molecule has 1 heterocycles. The molecular formula is C14H24N2O4. The molecule has 2 amide bonds. The van der Waals surface area contributed by atoms with Crippen molar-refractivity contribution in [2.45, 2.75) is 50.7 Å². The SMILES string of the molecule is COC1(CNC(=O)N2CCCC(C)C2C(=O)O)CCC1. The zero-order valence-electron chi connectivity index (χ0n) is 12.2. The number of ether oxygens (including phenoxy) is 1. The topological polar surface area (TPSA) is 78.9 Å². The lowest BCUT2D eigenvalue weighted by Crippen LogP contribution is -2.58. The lowest BCUT2D eigenvalue weighted by molar-refractivity contribution is -0.145. The molecule has 2 rings (SSSR count). The first kappa shape index (κ1) is 15.1. The van der Waals surface area contributed by atoms with Gasteiger partial charge in [-0.05, 0) is 38.0 Å². The lowest BCUT2D eigenvalue weighted by atomic mass is 9.80. The van der Waals surface area contributed by atoms with Crippen LogP contribution in [-0.2, 0) is 9.53 Å². The Morgan fingerprint density at radius 2 is 2.10 bits per heavy atom. The van der Waals surface area contributed by atoms with Crippen LogP contribution >= 0.6 is 0 Å². The molecule has 20 heavy (non-hydrogen) atoms. The molecule has 0 aromatic rings. The Kier molecular flexibility index (Phi) is 4.52. The maximum absolute atomic E-state index is 12.3. The second-order valence-corrected chi connectivity index (χ2v) is 6.00. The minimum absolute atomic E-state index is 0.00733. The number of nitrogens with zero attached hydrogens (tertiary/aromatic N) is 1. The molecule has 1 aliphatic heterocycles. The summed E-state index contributed by atoms with van der Waals surface area (Å²) in [5.41, 5.74) is -0.240. The molecule has 2 fully saturated rings. The number of carbonyl (C=O) groups is 2. The molecule has 2 aliphatic rings. The van der Waals surface area contributed by atoms with E-state index in [9.17, 15) is 14.7 Å². The van der Waals surface area contributed by atoms with Crippen molar-refractivity contribution in [3.63, 3.8) is 0 Å². The second-order valence-electron chi connectivity index (χ2n) is 6.00. The average molecular weight is 284 g/mol. The van der Waals surface area contributed by atoms with Gasteiger partial charge in [0, 0.05) is 20.2 Å². The molecular weight excluding hydrogens is 260 g/mol. The van der Waals surface area contributed by atoms with E-state index in [4.69, 9.17) is 4.74 Å². The van der Waals surface area contributed by atoms with Crippen LogP contribution < -0.4 is 5.32 Å². The summed E-state index contributed by atoms with van der Waals surface area (Å²) in [7, 11) is 1.66. The third-order valence-electron chi connectivity index (χ3n) is 4.71. The van der Waals surface area contributed by atoms with Crippen molar-refractivity contribution in [2.75, 3.05) is 20.2 Å². The molecule has 0 radical (unpaired) electrons. The average Bonchev–Trinajstić information content (AvgIpc) is 2.37. The van der Waals surface area contributed by atoms with Crippen LogP contribution in [-0.4, -0.2) is 53.8 Å². The van der Waals surface area contributed by atoms with E-state index in [1.807, 2.05) is 6.92 Å². The summed E-state index contributed by atoms with van der Waals surface area (Å²) in [6.45, 7) is 2.85. The van der Waals surface area contributed by atoms with E-state index in [0.717, 1.165) is 32.1 Å². The molecule has 1 saturated carbocycles. The molecule has 1 saturated heterocycles. The smallest absolute Gasteiger partial charge is 0.326 e. The van der Waals surface area contributed by atoms with Gasteiger partial charge in [-0.25, -0.2) is 9.59 Å². The molecule has 0 aromatic carbocycles. The van der Waals surface area contributed by atoms with Gasteiger partial charge in [0.25, 0.3) is 0 Å². The number of carboxylic acids is 1. The summed E-state index contributed by atoms with van der Waals surface area (Å²) < 4.78 is 5.46. The third-order valence-corrected chi connectivity index (χ3v) is 4.71. The number of carbonyl (C=O) groups excluding carboxylic acids is 1. The number of nitrogens with one attached hydrogen (secondary N) is 1. The molecule has 2 unspecified atom stereocenters. The maximum Gasteiger partial charge on any atom is 0.326 e. The molecule has 0 spiro atoms. The summed E-state index contributed by atoms with van der Waals surface area (Å²) in [4.78, 5) is 25.1. The summed E-state index contributed by atoms with van der Waals surface area (Å²) in [6.07, 6.45) is 4.71. The van der Waals surface area contributed by atoms with Gasteiger partial charge in [-0.15, -0.1) is 0 Å². The number of aliphatic carboxylic acids is 1. The van der Waals surface area contributed by atoms with E-state index in [1.165, 1.54) is 4.90 Å². The van der Waals surface area contributed by atoms with Gasteiger partial charge in [0.1, 0.15) is 6.04 Å². The predicted molar refractivity (Wildman–Crippen MR) is 73.5 cm³/mol. The quantitative estimate of drug-likeness (QED) is 0.819. The van der Waals surface area contributed by atoms with Crippen molar-refractivity contribution in [3.8, 4) is 0 Å². The zero-order valence-corrected chi connectivity index (χ0v) is 12.2. The summed E-state index contributed by atoms with van der Waals surface area (Å²) in [5, 5.41) is 12.2.